The van der Waals surface area contributed by atoms with Crippen molar-refractivity contribution in [1.82, 2.24) is 0 Å². The second-order valence-electron chi connectivity index (χ2n) is 7.69. The van der Waals surface area contributed by atoms with Gasteiger partial charge in [0.2, 0.25) is 0 Å². The van der Waals surface area contributed by atoms with E-state index in [1.54, 1.807) is 60.7 Å². The average molecular weight is 458 g/mol. The maximum atomic E-state index is 13.5. The molecule has 4 aromatic carbocycles. The third-order valence-electron chi connectivity index (χ3n) is 5.60. The molecule has 0 atom stereocenters. The molecule has 2 amide bonds. The van der Waals surface area contributed by atoms with Crippen LogP contribution in [0.5, 0.6) is 0 Å². The zero-order valence-corrected chi connectivity index (χ0v) is 18.1. The number of benzene rings is 4. The Hall–Kier alpha value is -4.23. The van der Waals surface area contributed by atoms with Crippen LogP contribution in [-0.2, 0) is 0 Å². The van der Waals surface area contributed by atoms with Gasteiger partial charge in [0, 0.05) is 22.4 Å². The number of halogens is 1. The topological polar surface area (TPSA) is 92.6 Å². The molecule has 0 unspecified atom stereocenters. The van der Waals surface area contributed by atoms with Crippen LogP contribution in [0.4, 0.5) is 22.7 Å². The van der Waals surface area contributed by atoms with Crippen molar-refractivity contribution in [3.63, 3.8) is 0 Å². The number of hydrogen-bond acceptors (Lipinski definition) is 5. The van der Waals surface area contributed by atoms with Crippen molar-refractivity contribution in [2.75, 3.05) is 10.2 Å². The number of nitro groups is 1. The van der Waals surface area contributed by atoms with Gasteiger partial charge in [-0.2, -0.15) is 0 Å². The Morgan fingerprint density at radius 3 is 2.36 bits per heavy atom. The van der Waals surface area contributed by atoms with Crippen LogP contribution >= 0.6 is 11.6 Å². The smallest absolute Gasteiger partial charge is 0.294 e. The van der Waals surface area contributed by atoms with Crippen LogP contribution in [0.15, 0.2) is 72.8 Å². The van der Waals surface area contributed by atoms with Gasteiger partial charge in [-0.3, -0.25) is 19.7 Å². The Morgan fingerprint density at radius 2 is 1.64 bits per heavy atom. The molecule has 4 aromatic rings. The molecule has 0 bridgehead atoms. The second kappa shape index (κ2) is 7.72. The maximum Gasteiger partial charge on any atom is 0.294 e. The van der Waals surface area contributed by atoms with E-state index in [2.05, 4.69) is 5.32 Å². The van der Waals surface area contributed by atoms with E-state index in [9.17, 15) is 19.7 Å². The number of anilines is 3. The first-order chi connectivity index (χ1) is 15.9. The minimum atomic E-state index is -0.610. The molecule has 1 aliphatic heterocycles. The Morgan fingerprint density at radius 1 is 0.909 bits per heavy atom. The highest BCUT2D eigenvalue weighted by Gasteiger charge is 2.37. The summed E-state index contributed by atoms with van der Waals surface area (Å²) in [6.07, 6.45) is 0. The van der Waals surface area contributed by atoms with Crippen LogP contribution in [0.1, 0.15) is 26.3 Å². The summed E-state index contributed by atoms with van der Waals surface area (Å²) in [5.41, 5.74) is 2.02. The van der Waals surface area contributed by atoms with Crippen molar-refractivity contribution < 1.29 is 14.5 Å². The van der Waals surface area contributed by atoms with Gasteiger partial charge < -0.3 is 5.32 Å². The predicted octanol–water partition coefficient (Wildman–Crippen LogP) is 6.25. The van der Waals surface area contributed by atoms with Crippen molar-refractivity contribution in [1.29, 1.82) is 0 Å². The number of nitrogens with zero attached hydrogens (tertiary/aromatic N) is 2. The van der Waals surface area contributed by atoms with Gasteiger partial charge in [-0.1, -0.05) is 48.0 Å². The fraction of sp³-hybridized carbons (Fsp3) is 0.0400. The van der Waals surface area contributed by atoms with E-state index in [-0.39, 0.29) is 16.9 Å². The van der Waals surface area contributed by atoms with Gasteiger partial charge in [0.25, 0.3) is 17.5 Å². The third kappa shape index (κ3) is 3.30. The van der Waals surface area contributed by atoms with Gasteiger partial charge in [0.15, 0.2) is 0 Å². The number of rotatable bonds is 4. The van der Waals surface area contributed by atoms with E-state index in [0.29, 0.717) is 32.7 Å². The molecule has 5 rings (SSSR count). The third-order valence-corrected chi connectivity index (χ3v) is 5.93. The normalized spacial score (nSPS) is 12.8. The monoisotopic (exact) mass is 457 g/mol. The van der Waals surface area contributed by atoms with Gasteiger partial charge >= 0.3 is 0 Å². The molecule has 0 spiro atoms. The summed E-state index contributed by atoms with van der Waals surface area (Å²) in [6.45, 7) is 1.86. The largest absolute Gasteiger partial charge is 0.348 e. The number of aryl methyl sites for hydroxylation is 1. The molecule has 0 aromatic heterocycles. The summed E-state index contributed by atoms with van der Waals surface area (Å²) in [6, 6.07) is 20.0. The lowest BCUT2D eigenvalue weighted by Gasteiger charge is -2.28. The van der Waals surface area contributed by atoms with Gasteiger partial charge in [-0.05, 0) is 42.8 Å². The minimum Gasteiger partial charge on any atom is -0.348 e. The van der Waals surface area contributed by atoms with Gasteiger partial charge in [-0.25, -0.2) is 4.90 Å². The molecule has 0 fully saturated rings. The molecule has 0 aliphatic carbocycles. The molecule has 8 heteroatoms. The number of hydrogen-bond donors (Lipinski definition) is 1. The number of nitrogens with one attached hydrogen (secondary N) is 1. The zero-order valence-electron chi connectivity index (χ0n) is 17.3. The fourth-order valence-electron chi connectivity index (χ4n) is 4.12. The van der Waals surface area contributed by atoms with Crippen LogP contribution in [0, 0.1) is 17.0 Å². The summed E-state index contributed by atoms with van der Waals surface area (Å²) >= 11 is 6.26. The van der Waals surface area contributed by atoms with Crippen LogP contribution in [0.2, 0.25) is 5.02 Å². The van der Waals surface area contributed by atoms with Gasteiger partial charge in [0.05, 0.1) is 26.9 Å². The number of imide groups is 1. The highest BCUT2D eigenvalue weighted by atomic mass is 35.5. The van der Waals surface area contributed by atoms with E-state index >= 15 is 0 Å². The maximum absolute atomic E-state index is 13.5. The van der Waals surface area contributed by atoms with Crippen molar-refractivity contribution in [2.24, 2.45) is 0 Å². The molecule has 0 saturated carbocycles. The Balaban J connectivity index is 1.77. The van der Waals surface area contributed by atoms with Crippen molar-refractivity contribution in [3.8, 4) is 0 Å². The fourth-order valence-corrected chi connectivity index (χ4v) is 4.31. The number of carbonyl (C=O) groups excluding carboxylic acids is 2. The highest BCUT2D eigenvalue weighted by Crippen LogP contribution is 2.43. The molecule has 1 heterocycles. The Kier molecular flexibility index (Phi) is 4.83. The zero-order chi connectivity index (χ0) is 23.3. The minimum absolute atomic E-state index is 0.0955. The molecular formula is C25H16ClN3O4. The predicted molar refractivity (Wildman–Crippen MR) is 128 cm³/mol. The summed E-state index contributed by atoms with van der Waals surface area (Å²) in [5, 5.41) is 16.2. The number of nitro benzene ring substituents is 1. The van der Waals surface area contributed by atoms with E-state index in [4.69, 9.17) is 11.6 Å². The van der Waals surface area contributed by atoms with E-state index < -0.39 is 16.7 Å². The van der Waals surface area contributed by atoms with Crippen molar-refractivity contribution in [3.05, 3.63) is 105 Å². The lowest BCUT2D eigenvalue weighted by molar-refractivity contribution is -0.383. The Labute approximate surface area is 193 Å². The highest BCUT2D eigenvalue weighted by molar-refractivity contribution is 6.37. The molecule has 0 saturated heterocycles. The van der Waals surface area contributed by atoms with Crippen molar-refractivity contribution >= 4 is 56.9 Å². The van der Waals surface area contributed by atoms with Crippen LogP contribution in [-0.4, -0.2) is 16.7 Å². The molecule has 1 N–H and O–H groups in total. The average Bonchev–Trinajstić information content (AvgIpc) is 2.79. The van der Waals surface area contributed by atoms with Crippen molar-refractivity contribution in [2.45, 2.75) is 6.92 Å². The Bertz CT molecular complexity index is 1500. The second-order valence-corrected chi connectivity index (χ2v) is 8.10. The summed E-state index contributed by atoms with van der Waals surface area (Å²) < 4.78 is 0. The van der Waals surface area contributed by atoms with Crippen LogP contribution in [0.3, 0.4) is 0 Å². The molecule has 1 aliphatic rings. The number of carbonyl (C=O) groups is 2. The summed E-state index contributed by atoms with van der Waals surface area (Å²) in [7, 11) is 0. The van der Waals surface area contributed by atoms with Gasteiger partial charge in [-0.15, -0.1) is 0 Å². The lowest BCUT2D eigenvalue weighted by Crippen LogP contribution is -2.40. The first-order valence-electron chi connectivity index (χ1n) is 10.1. The van der Waals surface area contributed by atoms with Gasteiger partial charge in [0.1, 0.15) is 5.69 Å². The number of amides is 2. The first kappa shape index (κ1) is 20.7. The lowest BCUT2D eigenvalue weighted by atomic mass is 9.91. The number of para-hydroxylation sites is 1. The van der Waals surface area contributed by atoms with E-state index in [1.807, 2.05) is 13.0 Å². The summed E-state index contributed by atoms with van der Waals surface area (Å²) in [4.78, 5) is 39.4. The first-order valence-corrected chi connectivity index (χ1v) is 10.5. The quantitative estimate of drug-likeness (QED) is 0.222. The van der Waals surface area contributed by atoms with E-state index in [1.165, 1.54) is 6.07 Å². The van der Waals surface area contributed by atoms with Crippen LogP contribution in [0.25, 0.3) is 10.8 Å². The summed E-state index contributed by atoms with van der Waals surface area (Å²) in [5.74, 6) is -1.09. The molecule has 162 valence electrons. The van der Waals surface area contributed by atoms with E-state index in [0.717, 1.165) is 10.5 Å². The molecular weight excluding hydrogens is 442 g/mol. The standard InChI is InChI=1S/C25H16ClN3O4/c1-14-6-4-7-15(12-14)28-24(30)17-9-5-8-16-22(17)18(25(28)31)13-21(29(32)33)23(16)27-20-11-3-2-10-19(20)26/h2-13,27H,1H3. The molecule has 33 heavy (non-hydrogen) atoms. The molecule has 7 nitrogen and oxygen atoms in total. The molecule has 0 radical (unpaired) electrons. The SMILES string of the molecule is Cc1cccc(N2C(=O)c3cccc4c(Nc5ccccc5Cl)c([N+](=O)[O-])cc(c34)C2=O)c1. The van der Waals surface area contributed by atoms with Crippen LogP contribution < -0.4 is 10.2 Å².